The molecule has 1 N–H and O–H groups in total. The topological polar surface area (TPSA) is 113 Å². The first-order valence-electron chi connectivity index (χ1n) is 9.35. The summed E-state index contributed by atoms with van der Waals surface area (Å²) < 4.78 is 55.6. The van der Waals surface area contributed by atoms with Crippen LogP contribution in [0.25, 0.3) is 0 Å². The standard InChI is InChI=1S/C20H27N3O6S2/c1-15(2)29-19-11-9-17(10-12-19)23(31(5,27)28)14-20(24)21-16-7-6-8-18(13-16)22(3)30(4,25)26/h6-13,15H,14H2,1-5H3,(H,21,24). The molecule has 9 nitrogen and oxygen atoms in total. The maximum Gasteiger partial charge on any atom is 0.245 e. The van der Waals surface area contributed by atoms with Crippen LogP contribution in [0.15, 0.2) is 48.5 Å². The Balaban J connectivity index is 2.19. The van der Waals surface area contributed by atoms with Crippen molar-refractivity contribution < 1.29 is 26.4 Å². The van der Waals surface area contributed by atoms with E-state index in [-0.39, 0.29) is 6.10 Å². The van der Waals surface area contributed by atoms with E-state index in [0.29, 0.717) is 22.8 Å². The van der Waals surface area contributed by atoms with Crippen molar-refractivity contribution in [2.24, 2.45) is 0 Å². The number of hydrogen-bond acceptors (Lipinski definition) is 6. The first-order chi connectivity index (χ1) is 14.3. The fourth-order valence-corrected chi connectivity index (χ4v) is 4.02. The van der Waals surface area contributed by atoms with Gasteiger partial charge in [-0.2, -0.15) is 0 Å². The minimum Gasteiger partial charge on any atom is -0.491 e. The van der Waals surface area contributed by atoms with Crippen LogP contribution in [-0.4, -0.2) is 55.0 Å². The average Bonchev–Trinajstić information content (AvgIpc) is 2.64. The minimum atomic E-state index is -3.74. The van der Waals surface area contributed by atoms with Gasteiger partial charge in [-0.3, -0.25) is 13.4 Å². The molecule has 0 fully saturated rings. The monoisotopic (exact) mass is 469 g/mol. The van der Waals surface area contributed by atoms with Crippen molar-refractivity contribution in [3.05, 3.63) is 48.5 Å². The van der Waals surface area contributed by atoms with E-state index in [0.717, 1.165) is 21.1 Å². The lowest BCUT2D eigenvalue weighted by Crippen LogP contribution is -2.37. The maximum absolute atomic E-state index is 12.6. The molecule has 0 atom stereocenters. The lowest BCUT2D eigenvalue weighted by atomic mass is 10.2. The average molecular weight is 470 g/mol. The molecule has 0 aliphatic heterocycles. The van der Waals surface area contributed by atoms with Crippen LogP contribution in [0.5, 0.6) is 5.75 Å². The van der Waals surface area contributed by atoms with Gasteiger partial charge >= 0.3 is 0 Å². The molecule has 0 radical (unpaired) electrons. The van der Waals surface area contributed by atoms with Crippen LogP contribution in [-0.2, 0) is 24.8 Å². The number of amides is 1. The molecule has 0 aliphatic carbocycles. The fraction of sp³-hybridized carbons (Fsp3) is 0.350. The third kappa shape index (κ3) is 7.14. The number of benzene rings is 2. The Morgan fingerprint density at radius 1 is 0.968 bits per heavy atom. The van der Waals surface area contributed by atoms with Crippen molar-refractivity contribution >= 4 is 43.0 Å². The summed E-state index contributed by atoms with van der Waals surface area (Å²) in [5, 5.41) is 2.61. The Hall–Kier alpha value is -2.79. The summed E-state index contributed by atoms with van der Waals surface area (Å²) in [6.45, 7) is 3.31. The molecule has 0 saturated heterocycles. The number of sulfonamides is 2. The van der Waals surface area contributed by atoms with E-state index in [1.54, 1.807) is 42.5 Å². The molecular weight excluding hydrogens is 442 g/mol. The Morgan fingerprint density at radius 2 is 1.58 bits per heavy atom. The molecule has 0 bridgehead atoms. The number of ether oxygens (including phenoxy) is 1. The predicted molar refractivity (Wildman–Crippen MR) is 123 cm³/mol. The van der Waals surface area contributed by atoms with Gasteiger partial charge in [0.1, 0.15) is 12.3 Å². The van der Waals surface area contributed by atoms with Crippen LogP contribution in [0.2, 0.25) is 0 Å². The van der Waals surface area contributed by atoms with E-state index >= 15 is 0 Å². The summed E-state index contributed by atoms with van der Waals surface area (Å²) in [6.07, 6.45) is 2.06. The van der Waals surface area contributed by atoms with Crippen LogP contribution in [0.3, 0.4) is 0 Å². The van der Waals surface area contributed by atoms with Gasteiger partial charge in [-0.25, -0.2) is 16.8 Å². The summed E-state index contributed by atoms with van der Waals surface area (Å²) >= 11 is 0. The van der Waals surface area contributed by atoms with E-state index < -0.39 is 32.5 Å². The van der Waals surface area contributed by atoms with Crippen LogP contribution in [0, 0.1) is 0 Å². The molecule has 0 aliphatic rings. The summed E-state index contributed by atoms with van der Waals surface area (Å²) in [4.78, 5) is 12.6. The van der Waals surface area contributed by atoms with Gasteiger partial charge in [0, 0.05) is 12.7 Å². The van der Waals surface area contributed by atoms with Crippen LogP contribution in [0.4, 0.5) is 17.1 Å². The third-order valence-corrected chi connectivity index (χ3v) is 6.52. The normalized spacial score (nSPS) is 11.8. The number of nitrogens with one attached hydrogen (secondary N) is 1. The molecule has 170 valence electrons. The van der Waals surface area contributed by atoms with Gasteiger partial charge < -0.3 is 10.1 Å². The Bertz CT molecular complexity index is 1130. The lowest BCUT2D eigenvalue weighted by Gasteiger charge is -2.22. The summed E-state index contributed by atoms with van der Waals surface area (Å²) in [5.74, 6) is 0.00977. The molecule has 0 spiro atoms. The molecule has 0 aromatic heterocycles. The van der Waals surface area contributed by atoms with Gasteiger partial charge in [-0.05, 0) is 56.3 Å². The zero-order valence-electron chi connectivity index (χ0n) is 18.1. The quantitative estimate of drug-likeness (QED) is 0.603. The van der Waals surface area contributed by atoms with Gasteiger partial charge in [0.15, 0.2) is 0 Å². The second-order valence-electron chi connectivity index (χ2n) is 7.26. The van der Waals surface area contributed by atoms with Gasteiger partial charge in [0.2, 0.25) is 26.0 Å². The summed E-state index contributed by atoms with van der Waals surface area (Å²) in [5.41, 5.74) is 1.02. The van der Waals surface area contributed by atoms with Crippen LogP contribution >= 0.6 is 0 Å². The zero-order chi connectivity index (χ0) is 23.4. The van der Waals surface area contributed by atoms with E-state index in [1.807, 2.05) is 13.8 Å². The number of nitrogens with zero attached hydrogens (tertiary/aromatic N) is 2. The largest absolute Gasteiger partial charge is 0.491 e. The van der Waals surface area contributed by atoms with Crippen molar-refractivity contribution in [2.75, 3.05) is 40.0 Å². The van der Waals surface area contributed by atoms with Crippen molar-refractivity contribution in [2.45, 2.75) is 20.0 Å². The Kier molecular flexibility index (Phi) is 7.55. The highest BCUT2D eigenvalue weighted by Gasteiger charge is 2.21. The van der Waals surface area contributed by atoms with Gasteiger partial charge in [-0.1, -0.05) is 6.07 Å². The molecule has 2 rings (SSSR count). The first kappa shape index (κ1) is 24.5. The molecule has 1 amide bonds. The molecular formula is C20H27N3O6S2. The zero-order valence-corrected chi connectivity index (χ0v) is 19.7. The van der Waals surface area contributed by atoms with Crippen molar-refractivity contribution in [1.82, 2.24) is 0 Å². The van der Waals surface area contributed by atoms with Crippen molar-refractivity contribution in [3.8, 4) is 5.75 Å². The molecule has 31 heavy (non-hydrogen) atoms. The number of anilines is 3. The minimum absolute atomic E-state index is 0.0276. The van der Waals surface area contributed by atoms with E-state index in [9.17, 15) is 21.6 Å². The van der Waals surface area contributed by atoms with Crippen LogP contribution in [0.1, 0.15) is 13.8 Å². The Labute approximate surface area is 183 Å². The highest BCUT2D eigenvalue weighted by atomic mass is 32.2. The Morgan fingerprint density at radius 3 is 2.10 bits per heavy atom. The number of hydrogen-bond donors (Lipinski definition) is 1. The van der Waals surface area contributed by atoms with Gasteiger partial charge in [0.25, 0.3) is 0 Å². The number of carbonyl (C=O) groups is 1. The van der Waals surface area contributed by atoms with Crippen LogP contribution < -0.4 is 18.7 Å². The maximum atomic E-state index is 12.6. The summed E-state index contributed by atoms with van der Waals surface area (Å²) in [6, 6.07) is 12.6. The second kappa shape index (κ2) is 9.56. The second-order valence-corrected chi connectivity index (χ2v) is 11.2. The number of carbonyl (C=O) groups excluding carboxylic acids is 1. The highest BCUT2D eigenvalue weighted by Crippen LogP contribution is 2.23. The molecule has 2 aromatic rings. The van der Waals surface area contributed by atoms with Gasteiger partial charge in [-0.15, -0.1) is 0 Å². The van der Waals surface area contributed by atoms with E-state index in [4.69, 9.17) is 4.74 Å². The SMILES string of the molecule is CC(C)Oc1ccc(N(CC(=O)Nc2cccc(N(C)S(C)(=O)=O)c2)S(C)(=O)=O)cc1. The predicted octanol–water partition coefficient (Wildman–Crippen LogP) is 2.27. The first-order valence-corrected chi connectivity index (χ1v) is 13.1. The fourth-order valence-electron chi connectivity index (χ4n) is 2.67. The lowest BCUT2D eigenvalue weighted by molar-refractivity contribution is -0.114. The molecule has 11 heteroatoms. The summed E-state index contributed by atoms with van der Waals surface area (Å²) in [7, 11) is -5.80. The molecule has 0 heterocycles. The van der Waals surface area contributed by atoms with E-state index in [1.165, 1.54) is 13.1 Å². The number of rotatable bonds is 9. The molecule has 2 aromatic carbocycles. The van der Waals surface area contributed by atoms with E-state index in [2.05, 4.69) is 5.32 Å². The third-order valence-electron chi connectivity index (χ3n) is 4.18. The van der Waals surface area contributed by atoms with Gasteiger partial charge in [0.05, 0.1) is 30.0 Å². The van der Waals surface area contributed by atoms with Crippen molar-refractivity contribution in [3.63, 3.8) is 0 Å². The molecule has 0 saturated carbocycles. The van der Waals surface area contributed by atoms with Crippen molar-refractivity contribution in [1.29, 1.82) is 0 Å². The highest BCUT2D eigenvalue weighted by molar-refractivity contribution is 7.92. The smallest absolute Gasteiger partial charge is 0.245 e. The molecule has 0 unspecified atom stereocenters.